The van der Waals surface area contributed by atoms with Gasteiger partial charge in [-0.1, -0.05) is 30.3 Å². The molecule has 3 rings (SSSR count). The molecule has 1 amide bonds. The molecule has 1 aromatic heterocycles. The Bertz CT molecular complexity index is 699. The first-order valence-corrected chi connectivity index (χ1v) is 8.30. The van der Waals surface area contributed by atoms with E-state index in [0.29, 0.717) is 19.0 Å². The van der Waals surface area contributed by atoms with Gasteiger partial charge in [0.2, 0.25) is 5.76 Å². The second kappa shape index (κ2) is 7.34. The van der Waals surface area contributed by atoms with Crippen molar-refractivity contribution in [2.75, 3.05) is 13.1 Å². The van der Waals surface area contributed by atoms with Gasteiger partial charge in [-0.05, 0) is 49.3 Å². The number of hydrogen-bond acceptors (Lipinski definition) is 3. The molecule has 1 N–H and O–H groups in total. The number of amides is 1. The number of carboxylic acid groups (broad SMARTS) is 1. The first-order chi connectivity index (χ1) is 11.6. The Hall–Kier alpha value is -2.56. The number of aromatic carboxylic acids is 1. The highest BCUT2D eigenvalue weighted by atomic mass is 16.4. The van der Waals surface area contributed by atoms with Crippen molar-refractivity contribution in [3.63, 3.8) is 0 Å². The average Bonchev–Trinajstić information content (AvgIpc) is 3.11. The third-order valence-corrected chi connectivity index (χ3v) is 4.61. The van der Waals surface area contributed by atoms with Crippen molar-refractivity contribution >= 4 is 11.9 Å². The van der Waals surface area contributed by atoms with Crippen molar-refractivity contribution in [2.24, 2.45) is 5.92 Å². The van der Waals surface area contributed by atoms with Gasteiger partial charge in [0.05, 0.1) is 0 Å². The van der Waals surface area contributed by atoms with Gasteiger partial charge in [0.15, 0.2) is 5.76 Å². The maximum Gasteiger partial charge on any atom is 0.371 e. The summed E-state index contributed by atoms with van der Waals surface area (Å²) in [7, 11) is 0. The Kier molecular flexibility index (Phi) is 4.99. The van der Waals surface area contributed by atoms with E-state index in [9.17, 15) is 9.59 Å². The van der Waals surface area contributed by atoms with Crippen LogP contribution in [-0.4, -0.2) is 35.0 Å². The van der Waals surface area contributed by atoms with E-state index < -0.39 is 5.97 Å². The number of carbonyl (C=O) groups excluding carboxylic acids is 1. The molecule has 5 nitrogen and oxygen atoms in total. The lowest BCUT2D eigenvalue weighted by atomic mass is 9.90. The number of furan rings is 1. The van der Waals surface area contributed by atoms with Crippen molar-refractivity contribution in [1.29, 1.82) is 0 Å². The number of benzene rings is 1. The van der Waals surface area contributed by atoms with Crippen LogP contribution in [0, 0.1) is 5.92 Å². The number of likely N-dealkylation sites (tertiary alicyclic amines) is 1. The molecule has 1 saturated heterocycles. The molecule has 0 atom stereocenters. The van der Waals surface area contributed by atoms with Crippen LogP contribution in [-0.2, 0) is 6.42 Å². The summed E-state index contributed by atoms with van der Waals surface area (Å²) in [6.07, 6.45) is 4.16. The van der Waals surface area contributed by atoms with Gasteiger partial charge in [0.1, 0.15) is 0 Å². The second-order valence-electron chi connectivity index (χ2n) is 6.23. The Morgan fingerprint density at radius 3 is 2.33 bits per heavy atom. The minimum Gasteiger partial charge on any atom is -0.475 e. The summed E-state index contributed by atoms with van der Waals surface area (Å²) in [6, 6.07) is 13.2. The van der Waals surface area contributed by atoms with Gasteiger partial charge in [-0.2, -0.15) is 0 Å². The van der Waals surface area contributed by atoms with Gasteiger partial charge >= 0.3 is 5.97 Å². The van der Waals surface area contributed by atoms with E-state index in [1.807, 2.05) is 6.07 Å². The van der Waals surface area contributed by atoms with Gasteiger partial charge in [-0.15, -0.1) is 0 Å². The lowest BCUT2D eigenvalue weighted by Gasteiger charge is -2.31. The molecule has 2 aromatic rings. The Labute approximate surface area is 140 Å². The van der Waals surface area contributed by atoms with Gasteiger partial charge in [0, 0.05) is 13.1 Å². The zero-order valence-electron chi connectivity index (χ0n) is 13.5. The van der Waals surface area contributed by atoms with Crippen LogP contribution in [0.3, 0.4) is 0 Å². The molecule has 126 valence electrons. The predicted octanol–water partition coefficient (Wildman–Crippen LogP) is 3.46. The van der Waals surface area contributed by atoms with Crippen molar-refractivity contribution in [3.8, 4) is 0 Å². The third kappa shape index (κ3) is 3.85. The van der Waals surface area contributed by atoms with Gasteiger partial charge in [-0.3, -0.25) is 4.79 Å². The maximum absolute atomic E-state index is 12.4. The number of carbonyl (C=O) groups is 2. The molecule has 1 aromatic carbocycles. The molecule has 0 saturated carbocycles. The summed E-state index contributed by atoms with van der Waals surface area (Å²) in [5.41, 5.74) is 1.35. The predicted molar refractivity (Wildman–Crippen MR) is 89.1 cm³/mol. The largest absolute Gasteiger partial charge is 0.475 e. The van der Waals surface area contributed by atoms with E-state index in [1.165, 1.54) is 17.7 Å². The van der Waals surface area contributed by atoms with Crippen LogP contribution < -0.4 is 0 Å². The number of carboxylic acids is 1. The second-order valence-corrected chi connectivity index (χ2v) is 6.23. The smallest absolute Gasteiger partial charge is 0.371 e. The molecule has 0 spiro atoms. The van der Waals surface area contributed by atoms with Crippen molar-refractivity contribution in [3.05, 3.63) is 59.5 Å². The SMILES string of the molecule is O=C(O)c1ccc(C(=O)N2CCC(CCc3ccccc3)CC2)o1. The molecule has 1 aliphatic rings. The molecule has 0 bridgehead atoms. The van der Waals surface area contributed by atoms with E-state index in [4.69, 9.17) is 9.52 Å². The molecule has 1 aliphatic heterocycles. The molecular weight excluding hydrogens is 306 g/mol. The van der Waals surface area contributed by atoms with E-state index in [1.54, 1.807) is 4.90 Å². The molecule has 0 radical (unpaired) electrons. The van der Waals surface area contributed by atoms with Crippen molar-refractivity contribution < 1.29 is 19.1 Å². The summed E-state index contributed by atoms with van der Waals surface area (Å²) in [5.74, 6) is -0.843. The maximum atomic E-state index is 12.4. The van der Waals surface area contributed by atoms with Crippen LogP contribution in [0.2, 0.25) is 0 Å². The summed E-state index contributed by atoms with van der Waals surface area (Å²) >= 11 is 0. The van der Waals surface area contributed by atoms with E-state index in [-0.39, 0.29) is 17.4 Å². The summed E-state index contributed by atoms with van der Waals surface area (Å²) in [6.45, 7) is 1.39. The summed E-state index contributed by atoms with van der Waals surface area (Å²) in [4.78, 5) is 24.9. The van der Waals surface area contributed by atoms with E-state index in [0.717, 1.165) is 25.7 Å². The van der Waals surface area contributed by atoms with Crippen LogP contribution in [0.15, 0.2) is 46.9 Å². The molecule has 0 aliphatic carbocycles. The first kappa shape index (κ1) is 16.3. The Balaban J connectivity index is 1.49. The topological polar surface area (TPSA) is 70.8 Å². The van der Waals surface area contributed by atoms with Gasteiger partial charge in [0.25, 0.3) is 5.91 Å². The zero-order chi connectivity index (χ0) is 16.9. The number of rotatable bonds is 5. The van der Waals surface area contributed by atoms with Crippen LogP contribution >= 0.6 is 0 Å². The van der Waals surface area contributed by atoms with E-state index in [2.05, 4.69) is 24.3 Å². The first-order valence-electron chi connectivity index (χ1n) is 8.30. The Morgan fingerprint density at radius 2 is 1.71 bits per heavy atom. The minimum absolute atomic E-state index is 0.107. The fraction of sp³-hybridized carbons (Fsp3) is 0.368. The van der Waals surface area contributed by atoms with E-state index >= 15 is 0 Å². The average molecular weight is 327 g/mol. The molecule has 0 unspecified atom stereocenters. The highest BCUT2D eigenvalue weighted by Crippen LogP contribution is 2.24. The normalized spacial score (nSPS) is 15.4. The lowest BCUT2D eigenvalue weighted by molar-refractivity contribution is 0.0627. The molecule has 24 heavy (non-hydrogen) atoms. The fourth-order valence-corrected chi connectivity index (χ4v) is 3.16. The summed E-state index contributed by atoms with van der Waals surface area (Å²) < 4.78 is 5.10. The number of hydrogen-bond donors (Lipinski definition) is 1. The van der Waals surface area contributed by atoms with Crippen molar-refractivity contribution in [2.45, 2.75) is 25.7 Å². The molecule has 1 fully saturated rings. The summed E-state index contributed by atoms with van der Waals surface area (Å²) in [5, 5.41) is 8.86. The standard InChI is InChI=1S/C19H21NO4/c21-18(16-8-9-17(24-16)19(22)23)20-12-10-15(11-13-20)7-6-14-4-2-1-3-5-14/h1-5,8-9,15H,6-7,10-13H2,(H,22,23). The Morgan fingerprint density at radius 1 is 1.04 bits per heavy atom. The number of aryl methyl sites for hydroxylation is 1. The third-order valence-electron chi connectivity index (χ3n) is 4.61. The number of nitrogens with zero attached hydrogens (tertiary/aromatic N) is 1. The van der Waals surface area contributed by atoms with Gasteiger partial charge < -0.3 is 14.4 Å². The van der Waals surface area contributed by atoms with Crippen LogP contribution in [0.25, 0.3) is 0 Å². The minimum atomic E-state index is -1.16. The van der Waals surface area contributed by atoms with Crippen LogP contribution in [0.5, 0.6) is 0 Å². The van der Waals surface area contributed by atoms with Crippen LogP contribution in [0.4, 0.5) is 0 Å². The number of piperidine rings is 1. The zero-order valence-corrected chi connectivity index (χ0v) is 13.5. The van der Waals surface area contributed by atoms with Crippen molar-refractivity contribution in [1.82, 2.24) is 4.90 Å². The van der Waals surface area contributed by atoms with Crippen LogP contribution in [0.1, 0.15) is 45.9 Å². The molecular formula is C19H21NO4. The fourth-order valence-electron chi connectivity index (χ4n) is 3.16. The highest BCUT2D eigenvalue weighted by Gasteiger charge is 2.26. The molecule has 5 heteroatoms. The monoisotopic (exact) mass is 327 g/mol. The quantitative estimate of drug-likeness (QED) is 0.913. The highest BCUT2D eigenvalue weighted by molar-refractivity contribution is 5.93. The van der Waals surface area contributed by atoms with Gasteiger partial charge in [-0.25, -0.2) is 4.79 Å². The molecule has 2 heterocycles. The lowest BCUT2D eigenvalue weighted by Crippen LogP contribution is -2.38.